The fourth-order valence-corrected chi connectivity index (χ4v) is 5.15. The largest absolute Gasteiger partial charge is 0.427 e. The Bertz CT molecular complexity index is 637. The zero-order valence-corrected chi connectivity index (χ0v) is 15.5. The molecule has 1 aliphatic carbocycles. The van der Waals surface area contributed by atoms with Crippen molar-refractivity contribution in [2.45, 2.75) is 63.5 Å². The van der Waals surface area contributed by atoms with Gasteiger partial charge in [-0.1, -0.05) is 25.7 Å². The molecule has 2 fully saturated rings. The highest BCUT2D eigenvalue weighted by Gasteiger charge is 2.43. The number of ether oxygens (including phenoxy) is 1. The number of fused-ring (bicyclic) bond motifs is 3. The second-order valence-electron chi connectivity index (χ2n) is 8.16. The van der Waals surface area contributed by atoms with Crippen LogP contribution in [0.25, 0.3) is 0 Å². The standard InChI is InChI=1S/C21H30N2O2/c1-22-12-11-17-18-14-16(9-10-19(18)23(2)21(17)22)25-20(24)13-15-7-5-3-4-6-8-15/h9-10,14-15,17,21H,3-8,11-13H2,1-2H3. The van der Waals surface area contributed by atoms with E-state index in [1.54, 1.807) is 0 Å². The summed E-state index contributed by atoms with van der Waals surface area (Å²) < 4.78 is 5.72. The fourth-order valence-electron chi connectivity index (χ4n) is 5.15. The third-order valence-corrected chi connectivity index (χ3v) is 6.44. The summed E-state index contributed by atoms with van der Waals surface area (Å²) in [6, 6.07) is 6.19. The number of hydrogen-bond acceptors (Lipinski definition) is 4. The molecule has 25 heavy (non-hydrogen) atoms. The van der Waals surface area contributed by atoms with Crippen molar-refractivity contribution in [2.75, 3.05) is 25.5 Å². The van der Waals surface area contributed by atoms with Gasteiger partial charge in [0.05, 0.1) is 6.17 Å². The van der Waals surface area contributed by atoms with Crippen molar-refractivity contribution < 1.29 is 9.53 Å². The first-order valence-electron chi connectivity index (χ1n) is 9.91. The van der Waals surface area contributed by atoms with Crippen LogP contribution in [0.1, 0.15) is 62.8 Å². The Morgan fingerprint density at radius 2 is 1.88 bits per heavy atom. The molecule has 1 saturated carbocycles. The predicted octanol–water partition coefficient (Wildman–Crippen LogP) is 4.15. The van der Waals surface area contributed by atoms with Crippen LogP contribution in [0.2, 0.25) is 0 Å². The second kappa shape index (κ2) is 6.99. The molecule has 4 heteroatoms. The number of hydrogen-bond donors (Lipinski definition) is 0. The van der Waals surface area contributed by atoms with Gasteiger partial charge in [-0.05, 0) is 56.0 Å². The topological polar surface area (TPSA) is 32.8 Å². The van der Waals surface area contributed by atoms with E-state index in [9.17, 15) is 4.79 Å². The van der Waals surface area contributed by atoms with Crippen LogP contribution in [0.5, 0.6) is 5.75 Å². The molecule has 2 heterocycles. The highest BCUT2D eigenvalue weighted by Crippen LogP contribution is 2.47. The molecule has 0 bridgehead atoms. The maximum absolute atomic E-state index is 12.4. The number of likely N-dealkylation sites (tertiary alicyclic amines) is 1. The van der Waals surface area contributed by atoms with E-state index in [0.717, 1.165) is 12.3 Å². The van der Waals surface area contributed by atoms with Crippen molar-refractivity contribution in [1.29, 1.82) is 0 Å². The maximum Gasteiger partial charge on any atom is 0.311 e. The van der Waals surface area contributed by atoms with Crippen LogP contribution in [-0.4, -0.2) is 37.7 Å². The third kappa shape index (κ3) is 3.29. The maximum atomic E-state index is 12.4. The van der Waals surface area contributed by atoms with Gasteiger partial charge < -0.3 is 9.64 Å². The Morgan fingerprint density at radius 1 is 1.12 bits per heavy atom. The summed E-state index contributed by atoms with van der Waals surface area (Å²) in [6.07, 6.45) is 9.73. The van der Waals surface area contributed by atoms with Crippen molar-refractivity contribution in [3.05, 3.63) is 23.8 Å². The molecule has 4 nitrogen and oxygen atoms in total. The third-order valence-electron chi connectivity index (χ3n) is 6.44. The first-order valence-corrected chi connectivity index (χ1v) is 9.91. The number of benzene rings is 1. The van der Waals surface area contributed by atoms with Crippen LogP contribution in [0.15, 0.2) is 18.2 Å². The van der Waals surface area contributed by atoms with Crippen molar-refractivity contribution in [3.8, 4) is 5.75 Å². The summed E-state index contributed by atoms with van der Waals surface area (Å²) in [4.78, 5) is 17.2. The molecule has 1 aromatic rings. The minimum atomic E-state index is -0.0571. The normalized spacial score (nSPS) is 27.0. The second-order valence-corrected chi connectivity index (χ2v) is 8.16. The number of carbonyl (C=O) groups excluding carboxylic acids is 1. The van der Waals surface area contributed by atoms with Gasteiger partial charge in [0.25, 0.3) is 0 Å². The van der Waals surface area contributed by atoms with E-state index in [0.29, 0.717) is 24.4 Å². The quantitative estimate of drug-likeness (QED) is 0.469. The lowest BCUT2D eigenvalue weighted by molar-refractivity contribution is -0.135. The number of nitrogens with zero attached hydrogens (tertiary/aromatic N) is 2. The molecule has 0 radical (unpaired) electrons. The number of esters is 1. The molecule has 0 amide bonds. The molecule has 2 atom stereocenters. The first-order chi connectivity index (χ1) is 12.1. The van der Waals surface area contributed by atoms with Crippen LogP contribution in [-0.2, 0) is 4.79 Å². The van der Waals surface area contributed by atoms with Crippen molar-refractivity contribution in [1.82, 2.24) is 4.90 Å². The lowest BCUT2D eigenvalue weighted by Gasteiger charge is -2.28. The van der Waals surface area contributed by atoms with E-state index in [1.807, 2.05) is 6.07 Å². The SMILES string of the molecule is CN1CCC2c3cc(OC(=O)CC4CCCCCC4)ccc3N(C)C21. The number of carbonyl (C=O) groups is 1. The predicted molar refractivity (Wildman–Crippen MR) is 100 cm³/mol. The number of rotatable bonds is 3. The number of anilines is 1. The molecule has 0 N–H and O–H groups in total. The van der Waals surface area contributed by atoms with E-state index in [-0.39, 0.29) is 5.97 Å². The Kier molecular flexibility index (Phi) is 4.72. The van der Waals surface area contributed by atoms with Gasteiger partial charge >= 0.3 is 5.97 Å². The lowest BCUT2D eigenvalue weighted by atomic mass is 9.97. The Labute approximate surface area is 151 Å². The van der Waals surface area contributed by atoms with Gasteiger partial charge in [-0.15, -0.1) is 0 Å². The van der Waals surface area contributed by atoms with E-state index < -0.39 is 0 Å². The number of likely N-dealkylation sites (N-methyl/N-ethyl adjacent to an activating group) is 2. The summed E-state index contributed by atoms with van der Waals surface area (Å²) >= 11 is 0. The van der Waals surface area contributed by atoms with E-state index in [1.165, 1.54) is 56.2 Å². The summed E-state index contributed by atoms with van der Waals surface area (Å²) in [5.41, 5.74) is 2.63. The van der Waals surface area contributed by atoms with Gasteiger partial charge in [0, 0.05) is 31.6 Å². The molecule has 0 spiro atoms. The average molecular weight is 342 g/mol. The average Bonchev–Trinajstić information content (AvgIpc) is 2.96. The van der Waals surface area contributed by atoms with Gasteiger partial charge in [0.2, 0.25) is 0 Å². The van der Waals surface area contributed by atoms with Crippen LogP contribution in [0.3, 0.4) is 0 Å². The Balaban J connectivity index is 1.43. The molecule has 1 saturated heterocycles. The highest BCUT2D eigenvalue weighted by molar-refractivity contribution is 5.73. The van der Waals surface area contributed by atoms with Crippen molar-refractivity contribution in [3.63, 3.8) is 0 Å². The fraction of sp³-hybridized carbons (Fsp3) is 0.667. The smallest absolute Gasteiger partial charge is 0.311 e. The summed E-state index contributed by atoms with van der Waals surface area (Å²) in [5, 5.41) is 0. The molecular formula is C21H30N2O2. The zero-order chi connectivity index (χ0) is 17.4. The molecule has 2 aliphatic heterocycles. The van der Waals surface area contributed by atoms with Crippen molar-refractivity contribution >= 4 is 11.7 Å². The van der Waals surface area contributed by atoms with Gasteiger partial charge in [-0.25, -0.2) is 0 Å². The van der Waals surface area contributed by atoms with Gasteiger partial charge in [0.15, 0.2) is 0 Å². The van der Waals surface area contributed by atoms with Gasteiger partial charge in [-0.3, -0.25) is 9.69 Å². The summed E-state index contributed by atoms with van der Waals surface area (Å²) in [6.45, 7) is 1.13. The molecular weight excluding hydrogens is 312 g/mol. The van der Waals surface area contributed by atoms with Crippen LogP contribution < -0.4 is 9.64 Å². The lowest BCUT2D eigenvalue weighted by Crippen LogP contribution is -2.39. The molecule has 1 aromatic carbocycles. The molecule has 2 unspecified atom stereocenters. The van der Waals surface area contributed by atoms with E-state index >= 15 is 0 Å². The zero-order valence-electron chi connectivity index (χ0n) is 15.5. The highest BCUT2D eigenvalue weighted by atomic mass is 16.5. The van der Waals surface area contributed by atoms with Crippen molar-refractivity contribution in [2.24, 2.45) is 5.92 Å². The van der Waals surface area contributed by atoms with Crippen LogP contribution >= 0.6 is 0 Å². The Hall–Kier alpha value is -1.55. The molecule has 136 valence electrons. The van der Waals surface area contributed by atoms with Crippen LogP contribution in [0, 0.1) is 5.92 Å². The molecule has 3 aliphatic rings. The minimum absolute atomic E-state index is 0.0571. The summed E-state index contributed by atoms with van der Waals surface area (Å²) in [7, 11) is 4.36. The molecule has 0 aromatic heterocycles. The van der Waals surface area contributed by atoms with E-state index in [4.69, 9.17) is 4.74 Å². The monoisotopic (exact) mass is 342 g/mol. The minimum Gasteiger partial charge on any atom is -0.427 e. The summed E-state index contributed by atoms with van der Waals surface area (Å²) in [5.74, 6) is 1.72. The van der Waals surface area contributed by atoms with Crippen LogP contribution in [0.4, 0.5) is 5.69 Å². The van der Waals surface area contributed by atoms with Gasteiger partial charge in [0.1, 0.15) is 5.75 Å². The molecule has 4 rings (SSSR count). The van der Waals surface area contributed by atoms with Gasteiger partial charge in [-0.2, -0.15) is 0 Å². The van der Waals surface area contributed by atoms with E-state index in [2.05, 4.69) is 36.0 Å². The Morgan fingerprint density at radius 3 is 2.64 bits per heavy atom. The first kappa shape index (κ1) is 16.9.